The molecule has 0 fully saturated rings. The van der Waals surface area contributed by atoms with Gasteiger partial charge < -0.3 is 15.2 Å². The van der Waals surface area contributed by atoms with Crippen LogP contribution in [-0.4, -0.2) is 17.7 Å². The summed E-state index contributed by atoms with van der Waals surface area (Å²) in [6.45, 7) is 1.55. The largest absolute Gasteiger partial charge is 0.493 e. The molecule has 0 aromatic heterocycles. The van der Waals surface area contributed by atoms with E-state index in [1.807, 2.05) is 30.3 Å². The van der Waals surface area contributed by atoms with Crippen LogP contribution < -0.4 is 10.1 Å². The first-order valence-corrected chi connectivity index (χ1v) is 7.50. The van der Waals surface area contributed by atoms with Crippen LogP contribution in [0.5, 0.6) is 5.75 Å². The fourth-order valence-electron chi connectivity index (χ4n) is 2.59. The highest BCUT2D eigenvalue weighted by atomic mass is 16.5. The SMILES string of the molecule is O=C(O)CCc1ccc(NCc2ccc3c(c2)CCO3)cc1. The molecule has 2 aromatic carbocycles. The maximum Gasteiger partial charge on any atom is 0.303 e. The number of carbonyl (C=O) groups is 1. The van der Waals surface area contributed by atoms with E-state index in [1.54, 1.807) is 0 Å². The first-order chi connectivity index (χ1) is 10.7. The number of fused-ring (bicyclic) bond motifs is 1. The van der Waals surface area contributed by atoms with Gasteiger partial charge in [-0.2, -0.15) is 0 Å². The van der Waals surface area contributed by atoms with Crippen LogP contribution in [0.4, 0.5) is 5.69 Å². The molecule has 0 saturated carbocycles. The van der Waals surface area contributed by atoms with Gasteiger partial charge in [0.2, 0.25) is 0 Å². The molecule has 3 rings (SSSR count). The molecule has 0 aliphatic carbocycles. The molecule has 22 heavy (non-hydrogen) atoms. The molecule has 2 N–H and O–H groups in total. The van der Waals surface area contributed by atoms with Crippen LogP contribution in [0.25, 0.3) is 0 Å². The monoisotopic (exact) mass is 297 g/mol. The Balaban J connectivity index is 1.56. The molecule has 0 spiro atoms. The summed E-state index contributed by atoms with van der Waals surface area (Å²) >= 11 is 0. The number of aryl methyl sites for hydroxylation is 1. The summed E-state index contributed by atoms with van der Waals surface area (Å²) in [5.41, 5.74) is 4.60. The lowest BCUT2D eigenvalue weighted by Crippen LogP contribution is -2.00. The predicted molar refractivity (Wildman–Crippen MR) is 85.4 cm³/mol. The molecule has 1 aliphatic rings. The third-order valence-corrected chi connectivity index (χ3v) is 3.83. The third-order valence-electron chi connectivity index (χ3n) is 3.83. The van der Waals surface area contributed by atoms with Gasteiger partial charge >= 0.3 is 5.97 Å². The van der Waals surface area contributed by atoms with E-state index in [0.29, 0.717) is 6.42 Å². The second-order valence-corrected chi connectivity index (χ2v) is 5.48. The summed E-state index contributed by atoms with van der Waals surface area (Å²) in [5.74, 6) is 0.245. The number of ether oxygens (including phenoxy) is 1. The van der Waals surface area contributed by atoms with E-state index >= 15 is 0 Å². The Hall–Kier alpha value is -2.49. The molecule has 114 valence electrons. The van der Waals surface area contributed by atoms with Crippen molar-refractivity contribution in [3.05, 3.63) is 59.2 Å². The van der Waals surface area contributed by atoms with Gasteiger partial charge in [0.25, 0.3) is 0 Å². The number of rotatable bonds is 6. The summed E-state index contributed by atoms with van der Waals surface area (Å²) in [7, 11) is 0. The second kappa shape index (κ2) is 6.52. The highest BCUT2D eigenvalue weighted by molar-refractivity contribution is 5.67. The predicted octanol–water partition coefficient (Wildman–Crippen LogP) is 3.25. The van der Waals surface area contributed by atoms with Crippen molar-refractivity contribution >= 4 is 11.7 Å². The van der Waals surface area contributed by atoms with Gasteiger partial charge in [-0.05, 0) is 41.3 Å². The summed E-state index contributed by atoms with van der Waals surface area (Å²) in [4.78, 5) is 10.6. The van der Waals surface area contributed by atoms with E-state index in [1.165, 1.54) is 11.1 Å². The number of hydrogen-bond acceptors (Lipinski definition) is 3. The summed E-state index contributed by atoms with van der Waals surface area (Å²) in [6.07, 6.45) is 1.73. The van der Waals surface area contributed by atoms with Crippen molar-refractivity contribution in [1.82, 2.24) is 0 Å². The van der Waals surface area contributed by atoms with E-state index in [9.17, 15) is 4.79 Å². The van der Waals surface area contributed by atoms with Gasteiger partial charge in [-0.3, -0.25) is 4.79 Å². The zero-order chi connectivity index (χ0) is 15.4. The maximum absolute atomic E-state index is 10.6. The minimum Gasteiger partial charge on any atom is -0.493 e. The van der Waals surface area contributed by atoms with E-state index in [2.05, 4.69) is 17.4 Å². The van der Waals surface area contributed by atoms with Crippen LogP contribution in [0.2, 0.25) is 0 Å². The molecule has 1 aliphatic heterocycles. The van der Waals surface area contributed by atoms with Crippen molar-refractivity contribution in [2.24, 2.45) is 0 Å². The molecule has 4 nitrogen and oxygen atoms in total. The molecule has 0 unspecified atom stereocenters. The molecule has 2 aromatic rings. The minimum atomic E-state index is -0.761. The smallest absolute Gasteiger partial charge is 0.303 e. The molecule has 1 heterocycles. The van der Waals surface area contributed by atoms with Gasteiger partial charge in [0.1, 0.15) is 5.75 Å². The Bertz CT molecular complexity index is 665. The van der Waals surface area contributed by atoms with Crippen LogP contribution in [0.15, 0.2) is 42.5 Å². The van der Waals surface area contributed by atoms with Crippen molar-refractivity contribution in [2.75, 3.05) is 11.9 Å². The average Bonchev–Trinajstić information content (AvgIpc) is 2.99. The second-order valence-electron chi connectivity index (χ2n) is 5.48. The van der Waals surface area contributed by atoms with Crippen molar-refractivity contribution in [3.63, 3.8) is 0 Å². The Labute approximate surface area is 129 Å². The fourth-order valence-corrected chi connectivity index (χ4v) is 2.59. The molecule has 0 saturated heterocycles. The van der Waals surface area contributed by atoms with Crippen molar-refractivity contribution in [2.45, 2.75) is 25.8 Å². The van der Waals surface area contributed by atoms with Gasteiger partial charge in [-0.25, -0.2) is 0 Å². The third kappa shape index (κ3) is 3.58. The number of anilines is 1. The zero-order valence-corrected chi connectivity index (χ0v) is 12.3. The van der Waals surface area contributed by atoms with E-state index in [4.69, 9.17) is 9.84 Å². The van der Waals surface area contributed by atoms with E-state index in [0.717, 1.165) is 36.6 Å². The van der Waals surface area contributed by atoms with Crippen LogP contribution in [0, 0.1) is 0 Å². The van der Waals surface area contributed by atoms with Crippen LogP contribution in [0.1, 0.15) is 23.1 Å². The summed E-state index contributed by atoms with van der Waals surface area (Å²) in [6, 6.07) is 14.2. The number of nitrogens with one attached hydrogen (secondary N) is 1. The Morgan fingerprint density at radius 2 is 1.91 bits per heavy atom. The van der Waals surface area contributed by atoms with Crippen LogP contribution in [0.3, 0.4) is 0 Å². The lowest BCUT2D eigenvalue weighted by molar-refractivity contribution is -0.136. The molecular formula is C18H19NO3. The number of benzene rings is 2. The summed E-state index contributed by atoms with van der Waals surface area (Å²) < 4.78 is 5.51. The lowest BCUT2D eigenvalue weighted by atomic mass is 10.1. The Morgan fingerprint density at radius 1 is 1.14 bits per heavy atom. The highest BCUT2D eigenvalue weighted by Crippen LogP contribution is 2.26. The van der Waals surface area contributed by atoms with E-state index < -0.39 is 5.97 Å². The minimum absolute atomic E-state index is 0.171. The van der Waals surface area contributed by atoms with Crippen molar-refractivity contribution < 1.29 is 14.6 Å². The number of carboxylic acid groups (broad SMARTS) is 1. The molecule has 0 amide bonds. The summed E-state index contributed by atoms with van der Waals surface area (Å²) in [5, 5.41) is 12.1. The van der Waals surface area contributed by atoms with Crippen molar-refractivity contribution in [1.29, 1.82) is 0 Å². The fraction of sp³-hybridized carbons (Fsp3) is 0.278. The first kappa shape index (κ1) is 14.4. The number of hydrogen-bond donors (Lipinski definition) is 2. The molecule has 0 bridgehead atoms. The van der Waals surface area contributed by atoms with Crippen molar-refractivity contribution in [3.8, 4) is 5.75 Å². The van der Waals surface area contributed by atoms with Gasteiger partial charge in [-0.1, -0.05) is 24.3 Å². The normalized spacial score (nSPS) is 12.5. The molecule has 0 radical (unpaired) electrons. The standard InChI is InChI=1S/C18H19NO3/c20-18(21)8-4-13-1-5-16(6-2-13)19-12-14-3-7-17-15(11-14)9-10-22-17/h1-3,5-7,11,19H,4,8-10,12H2,(H,20,21). The maximum atomic E-state index is 10.6. The lowest BCUT2D eigenvalue weighted by Gasteiger charge is -2.09. The van der Waals surface area contributed by atoms with Gasteiger partial charge in [-0.15, -0.1) is 0 Å². The first-order valence-electron chi connectivity index (χ1n) is 7.50. The molecule has 4 heteroatoms. The van der Waals surface area contributed by atoms with Gasteiger partial charge in [0, 0.05) is 25.1 Å². The zero-order valence-electron chi connectivity index (χ0n) is 12.3. The van der Waals surface area contributed by atoms with Gasteiger partial charge in [0.15, 0.2) is 0 Å². The topological polar surface area (TPSA) is 58.6 Å². The quantitative estimate of drug-likeness (QED) is 0.859. The average molecular weight is 297 g/mol. The highest BCUT2D eigenvalue weighted by Gasteiger charge is 2.11. The Morgan fingerprint density at radius 3 is 2.68 bits per heavy atom. The van der Waals surface area contributed by atoms with Gasteiger partial charge in [0.05, 0.1) is 6.61 Å². The Kier molecular flexibility index (Phi) is 4.28. The molecular weight excluding hydrogens is 278 g/mol. The van der Waals surface area contributed by atoms with Crippen LogP contribution in [-0.2, 0) is 24.2 Å². The van der Waals surface area contributed by atoms with Crippen LogP contribution >= 0.6 is 0 Å². The van der Waals surface area contributed by atoms with E-state index in [-0.39, 0.29) is 6.42 Å². The molecule has 0 atom stereocenters. The number of carboxylic acids is 1. The number of aliphatic carboxylic acids is 1.